The largest absolute Gasteiger partial charge is 0.392 e. The molecule has 0 bridgehead atoms. The fourth-order valence-electron chi connectivity index (χ4n) is 2.50. The molecule has 0 fully saturated rings. The number of hydrogen-bond donors (Lipinski definition) is 3. The third-order valence-corrected chi connectivity index (χ3v) is 4.84. The first-order valence-electron chi connectivity index (χ1n) is 8.35. The van der Waals surface area contributed by atoms with Crippen LogP contribution in [0.3, 0.4) is 0 Å². The quantitative estimate of drug-likeness (QED) is 0.616. The molecular formula is C18H21N5O2S. The summed E-state index contributed by atoms with van der Waals surface area (Å²) in [6.07, 6.45) is 2.88. The van der Waals surface area contributed by atoms with Crippen LogP contribution in [0.25, 0.3) is 10.2 Å². The molecule has 3 aromatic heterocycles. The first-order valence-corrected chi connectivity index (χ1v) is 9.16. The van der Waals surface area contributed by atoms with Crippen LogP contribution in [-0.2, 0) is 0 Å². The number of carbonyl (C=O) groups is 1. The van der Waals surface area contributed by atoms with Gasteiger partial charge in [0.25, 0.3) is 5.91 Å². The molecule has 2 atom stereocenters. The van der Waals surface area contributed by atoms with E-state index in [1.54, 1.807) is 19.3 Å². The summed E-state index contributed by atoms with van der Waals surface area (Å²) < 4.78 is 0.741. The van der Waals surface area contributed by atoms with Gasteiger partial charge in [0.2, 0.25) is 5.95 Å². The summed E-state index contributed by atoms with van der Waals surface area (Å²) in [7, 11) is 0. The Labute approximate surface area is 155 Å². The van der Waals surface area contributed by atoms with Crippen LogP contribution in [-0.4, -0.2) is 38.6 Å². The van der Waals surface area contributed by atoms with E-state index >= 15 is 0 Å². The van der Waals surface area contributed by atoms with E-state index in [9.17, 15) is 9.90 Å². The molecule has 26 heavy (non-hydrogen) atoms. The molecule has 3 aromatic rings. The monoisotopic (exact) mass is 371 g/mol. The molecule has 0 saturated carbocycles. The molecule has 0 unspecified atom stereocenters. The molecule has 0 aliphatic rings. The Balaban J connectivity index is 1.92. The number of rotatable bonds is 6. The lowest BCUT2D eigenvalue weighted by atomic mass is 10.1. The SMILES string of the molecule is Cc1cc2nc(N[C@@H](C)c3cccnc3)nc(C(=O)NC[C@H](C)O)c2s1. The van der Waals surface area contributed by atoms with E-state index in [-0.39, 0.29) is 18.5 Å². The van der Waals surface area contributed by atoms with E-state index in [2.05, 4.69) is 25.6 Å². The first-order chi connectivity index (χ1) is 12.4. The molecule has 0 radical (unpaired) electrons. The topological polar surface area (TPSA) is 100 Å². The minimum atomic E-state index is -0.621. The minimum Gasteiger partial charge on any atom is -0.392 e. The van der Waals surface area contributed by atoms with Gasteiger partial charge < -0.3 is 15.7 Å². The van der Waals surface area contributed by atoms with E-state index in [0.29, 0.717) is 11.6 Å². The number of nitrogens with zero attached hydrogens (tertiary/aromatic N) is 3. The smallest absolute Gasteiger partial charge is 0.271 e. The Hall–Kier alpha value is -2.58. The van der Waals surface area contributed by atoms with Crippen LogP contribution in [0.4, 0.5) is 5.95 Å². The maximum Gasteiger partial charge on any atom is 0.271 e. The molecule has 3 rings (SSSR count). The zero-order chi connectivity index (χ0) is 18.7. The average molecular weight is 371 g/mol. The number of carbonyl (C=O) groups excluding carboxylic acids is 1. The number of pyridine rings is 1. The van der Waals surface area contributed by atoms with Gasteiger partial charge in [-0.05, 0) is 38.5 Å². The third kappa shape index (κ3) is 4.14. The minimum absolute atomic E-state index is 0.0609. The van der Waals surface area contributed by atoms with Crippen molar-refractivity contribution in [3.05, 3.63) is 46.7 Å². The van der Waals surface area contributed by atoms with Crippen LogP contribution in [0.15, 0.2) is 30.6 Å². The summed E-state index contributed by atoms with van der Waals surface area (Å²) >= 11 is 1.48. The van der Waals surface area contributed by atoms with Gasteiger partial charge >= 0.3 is 0 Å². The second kappa shape index (κ2) is 7.76. The van der Waals surface area contributed by atoms with Gasteiger partial charge in [0.15, 0.2) is 5.69 Å². The highest BCUT2D eigenvalue weighted by Crippen LogP contribution is 2.28. The van der Waals surface area contributed by atoms with Gasteiger partial charge in [-0.15, -0.1) is 11.3 Å². The fourth-order valence-corrected chi connectivity index (χ4v) is 3.44. The van der Waals surface area contributed by atoms with E-state index in [0.717, 1.165) is 20.7 Å². The van der Waals surface area contributed by atoms with E-state index in [1.165, 1.54) is 11.3 Å². The van der Waals surface area contributed by atoms with Crippen LogP contribution >= 0.6 is 11.3 Å². The van der Waals surface area contributed by atoms with Crippen molar-refractivity contribution in [2.45, 2.75) is 32.9 Å². The Kier molecular flexibility index (Phi) is 5.43. The highest BCUT2D eigenvalue weighted by molar-refractivity contribution is 7.19. The molecule has 3 heterocycles. The van der Waals surface area contributed by atoms with Gasteiger partial charge in [-0.25, -0.2) is 9.97 Å². The van der Waals surface area contributed by atoms with Crippen molar-refractivity contribution in [1.29, 1.82) is 0 Å². The van der Waals surface area contributed by atoms with Crippen LogP contribution in [0, 0.1) is 6.92 Å². The lowest BCUT2D eigenvalue weighted by Crippen LogP contribution is -2.31. The van der Waals surface area contributed by atoms with E-state index in [1.807, 2.05) is 32.0 Å². The number of thiophene rings is 1. The lowest BCUT2D eigenvalue weighted by Gasteiger charge is -2.15. The van der Waals surface area contributed by atoms with Crippen molar-refractivity contribution < 1.29 is 9.90 Å². The number of anilines is 1. The summed E-state index contributed by atoms with van der Waals surface area (Å²) in [6.45, 7) is 5.74. The third-order valence-electron chi connectivity index (χ3n) is 3.80. The van der Waals surface area contributed by atoms with Gasteiger partial charge in [0, 0.05) is 23.8 Å². The zero-order valence-corrected chi connectivity index (χ0v) is 15.7. The summed E-state index contributed by atoms with van der Waals surface area (Å²) in [4.78, 5) is 26.7. The molecule has 136 valence electrons. The van der Waals surface area contributed by atoms with Gasteiger partial charge in [-0.2, -0.15) is 0 Å². The second-order valence-corrected chi connectivity index (χ2v) is 7.43. The van der Waals surface area contributed by atoms with Gasteiger partial charge in [-0.1, -0.05) is 6.07 Å². The van der Waals surface area contributed by atoms with Gasteiger partial charge in [-0.3, -0.25) is 9.78 Å². The highest BCUT2D eigenvalue weighted by atomic mass is 32.1. The van der Waals surface area contributed by atoms with E-state index in [4.69, 9.17) is 0 Å². The molecule has 0 aliphatic heterocycles. The lowest BCUT2D eigenvalue weighted by molar-refractivity contribution is 0.0921. The Morgan fingerprint density at radius 1 is 1.35 bits per heavy atom. The average Bonchev–Trinajstić information content (AvgIpc) is 2.99. The summed E-state index contributed by atoms with van der Waals surface area (Å²) in [5.41, 5.74) is 2.04. The normalized spacial score (nSPS) is 13.4. The fraction of sp³-hybridized carbons (Fsp3) is 0.333. The number of aromatic nitrogens is 3. The Morgan fingerprint density at radius 3 is 2.85 bits per heavy atom. The molecule has 7 nitrogen and oxygen atoms in total. The van der Waals surface area contributed by atoms with Crippen molar-refractivity contribution >= 4 is 33.4 Å². The second-order valence-electron chi connectivity index (χ2n) is 6.18. The van der Waals surface area contributed by atoms with Gasteiger partial charge in [0.1, 0.15) is 0 Å². The standard InChI is InChI=1S/C18H21N5O2S/c1-10(24)8-20-17(25)15-16-14(7-11(2)26-16)22-18(23-15)21-12(3)13-5-4-6-19-9-13/h4-7,9-10,12,24H,8H2,1-3H3,(H,20,25)(H,21,22,23)/t10-,12-/m0/s1. The van der Waals surface area contributed by atoms with Crippen LogP contribution in [0.1, 0.15) is 40.8 Å². The van der Waals surface area contributed by atoms with Crippen molar-refractivity contribution in [2.24, 2.45) is 0 Å². The first kappa shape index (κ1) is 18.2. The molecule has 0 aliphatic carbocycles. The molecule has 0 saturated heterocycles. The van der Waals surface area contributed by atoms with Crippen LogP contribution in [0.5, 0.6) is 0 Å². The molecule has 1 amide bonds. The van der Waals surface area contributed by atoms with Gasteiger partial charge in [0.05, 0.1) is 22.4 Å². The van der Waals surface area contributed by atoms with Crippen molar-refractivity contribution in [2.75, 3.05) is 11.9 Å². The van der Waals surface area contributed by atoms with E-state index < -0.39 is 6.10 Å². The number of aliphatic hydroxyl groups is 1. The number of aliphatic hydroxyl groups excluding tert-OH is 1. The Morgan fingerprint density at radius 2 is 2.15 bits per heavy atom. The number of fused-ring (bicyclic) bond motifs is 1. The maximum atomic E-state index is 12.5. The predicted octanol–water partition coefficient (Wildman–Crippen LogP) is 2.68. The predicted molar refractivity (Wildman–Crippen MR) is 102 cm³/mol. The highest BCUT2D eigenvalue weighted by Gasteiger charge is 2.18. The van der Waals surface area contributed by atoms with Crippen molar-refractivity contribution in [1.82, 2.24) is 20.3 Å². The number of hydrogen-bond acceptors (Lipinski definition) is 7. The summed E-state index contributed by atoms with van der Waals surface area (Å²) in [6, 6.07) is 5.71. The Bertz CT molecular complexity index is 911. The van der Waals surface area contributed by atoms with Crippen molar-refractivity contribution in [3.63, 3.8) is 0 Å². The van der Waals surface area contributed by atoms with Crippen molar-refractivity contribution in [3.8, 4) is 0 Å². The number of aryl methyl sites for hydroxylation is 1. The molecule has 0 aromatic carbocycles. The van der Waals surface area contributed by atoms with Crippen LogP contribution in [0.2, 0.25) is 0 Å². The zero-order valence-electron chi connectivity index (χ0n) is 14.9. The molecule has 8 heteroatoms. The number of amides is 1. The van der Waals surface area contributed by atoms with Crippen LogP contribution < -0.4 is 10.6 Å². The maximum absolute atomic E-state index is 12.5. The molecular weight excluding hydrogens is 350 g/mol. The number of nitrogens with one attached hydrogen (secondary N) is 2. The summed E-state index contributed by atoms with van der Waals surface area (Å²) in [5.74, 6) is 0.0612. The molecule has 3 N–H and O–H groups in total. The molecule has 0 spiro atoms. The summed E-state index contributed by atoms with van der Waals surface area (Å²) in [5, 5.41) is 15.3.